The zero-order valence-electron chi connectivity index (χ0n) is 18.6. The minimum Gasteiger partial charge on any atom is -0.490 e. The molecule has 3 rings (SSSR count). The molecule has 0 heterocycles. The summed E-state index contributed by atoms with van der Waals surface area (Å²) in [5.74, 6) is 0.0462. The first-order chi connectivity index (χ1) is 16.8. The Balaban J connectivity index is 1.74. The largest absolute Gasteiger partial charge is 0.490 e. The van der Waals surface area contributed by atoms with Crippen LogP contribution in [0.25, 0.3) is 0 Å². The molecule has 182 valence electrons. The van der Waals surface area contributed by atoms with E-state index in [0.29, 0.717) is 22.9 Å². The van der Waals surface area contributed by atoms with Gasteiger partial charge >= 0.3 is 0 Å². The molecule has 0 saturated heterocycles. The summed E-state index contributed by atoms with van der Waals surface area (Å²) < 4.78 is 34.0. The normalized spacial score (nSPS) is 11.5. The molecule has 3 aromatic carbocycles. The van der Waals surface area contributed by atoms with Gasteiger partial charge in [0.2, 0.25) is 10.0 Å². The number of hydrazone groups is 1. The maximum Gasteiger partial charge on any atom is 0.255 e. The molecule has 1 amide bonds. The van der Waals surface area contributed by atoms with Gasteiger partial charge in [0, 0.05) is 16.0 Å². The van der Waals surface area contributed by atoms with Gasteiger partial charge in [-0.05, 0) is 59.7 Å². The minimum atomic E-state index is -3.99. The zero-order chi connectivity index (χ0) is 25.3. The summed E-state index contributed by atoms with van der Waals surface area (Å²) in [7, 11) is -3.99. The number of carbonyl (C=O) groups excluding carboxylic acids is 1. The molecule has 0 saturated carbocycles. The van der Waals surface area contributed by atoms with E-state index in [4.69, 9.17) is 16.3 Å². The molecule has 0 aliphatic heterocycles. The fourth-order valence-electron chi connectivity index (χ4n) is 2.99. The van der Waals surface area contributed by atoms with Crippen molar-refractivity contribution in [2.75, 3.05) is 13.2 Å². The van der Waals surface area contributed by atoms with Gasteiger partial charge in [0.1, 0.15) is 12.4 Å². The second kappa shape index (κ2) is 12.6. The van der Waals surface area contributed by atoms with Crippen molar-refractivity contribution in [3.63, 3.8) is 0 Å². The van der Waals surface area contributed by atoms with Gasteiger partial charge in [-0.25, -0.2) is 13.8 Å². The Labute approximate surface area is 218 Å². The number of rotatable bonds is 11. The summed E-state index contributed by atoms with van der Waals surface area (Å²) in [6.45, 7) is 3.54. The summed E-state index contributed by atoms with van der Waals surface area (Å²) in [5.41, 5.74) is 3.81. The smallest absolute Gasteiger partial charge is 0.255 e. The van der Waals surface area contributed by atoms with Crippen molar-refractivity contribution in [2.45, 2.75) is 11.4 Å². The van der Waals surface area contributed by atoms with E-state index >= 15 is 0 Å². The Morgan fingerprint density at radius 3 is 2.51 bits per heavy atom. The van der Waals surface area contributed by atoms with Gasteiger partial charge in [-0.15, -0.1) is 0 Å². The van der Waals surface area contributed by atoms with Gasteiger partial charge < -0.3 is 4.74 Å². The van der Waals surface area contributed by atoms with E-state index in [2.05, 4.69) is 33.0 Å². The van der Waals surface area contributed by atoms with E-state index in [1.807, 2.05) is 0 Å². The van der Waals surface area contributed by atoms with Crippen LogP contribution in [0.4, 0.5) is 0 Å². The lowest BCUT2D eigenvalue weighted by Gasteiger charge is -2.21. The molecule has 35 heavy (non-hydrogen) atoms. The Hall–Kier alpha value is -2.98. The highest BCUT2D eigenvalue weighted by atomic mass is 79.9. The molecule has 0 fully saturated rings. The van der Waals surface area contributed by atoms with Crippen LogP contribution >= 0.6 is 27.5 Å². The summed E-state index contributed by atoms with van der Waals surface area (Å²) >= 11 is 9.27. The number of carbonyl (C=O) groups is 1. The fraction of sp³-hybridized carbons (Fsp3) is 0.120. The molecular formula is C25H23BrClN3O4S. The second-order valence-electron chi connectivity index (χ2n) is 7.32. The number of amides is 1. The van der Waals surface area contributed by atoms with Gasteiger partial charge in [-0.2, -0.15) is 9.41 Å². The van der Waals surface area contributed by atoms with Crippen LogP contribution in [-0.4, -0.2) is 38.0 Å². The van der Waals surface area contributed by atoms with Crippen molar-refractivity contribution in [1.82, 2.24) is 9.73 Å². The van der Waals surface area contributed by atoms with Crippen LogP contribution in [0.3, 0.4) is 0 Å². The maximum atomic E-state index is 13.3. The van der Waals surface area contributed by atoms with E-state index in [-0.39, 0.29) is 11.4 Å². The molecule has 0 radical (unpaired) electrons. The third-order valence-electron chi connectivity index (χ3n) is 4.67. The van der Waals surface area contributed by atoms with Crippen LogP contribution < -0.4 is 10.2 Å². The van der Waals surface area contributed by atoms with Crippen molar-refractivity contribution in [3.05, 3.63) is 106 Å². The van der Waals surface area contributed by atoms with E-state index in [9.17, 15) is 13.2 Å². The van der Waals surface area contributed by atoms with Crippen molar-refractivity contribution in [2.24, 2.45) is 5.10 Å². The lowest BCUT2D eigenvalue weighted by Crippen LogP contribution is -2.39. The highest BCUT2D eigenvalue weighted by molar-refractivity contribution is 9.10. The SMILES string of the molecule is C=CCOc1cccc(/C=N\NC(=O)CN(Cc2ccc(Br)cc2)S(=O)(=O)c2ccc(Cl)cc2)c1. The highest BCUT2D eigenvalue weighted by Crippen LogP contribution is 2.21. The molecule has 0 bridgehead atoms. The topological polar surface area (TPSA) is 88.1 Å². The highest BCUT2D eigenvalue weighted by Gasteiger charge is 2.27. The number of benzene rings is 3. The number of ether oxygens (including phenoxy) is 1. The van der Waals surface area contributed by atoms with Crippen LogP contribution in [0.1, 0.15) is 11.1 Å². The maximum absolute atomic E-state index is 13.3. The van der Waals surface area contributed by atoms with Gasteiger partial charge in [-0.1, -0.05) is 64.5 Å². The van der Waals surface area contributed by atoms with Crippen LogP contribution in [0.5, 0.6) is 5.75 Å². The quantitative estimate of drug-likeness (QED) is 0.198. The first kappa shape index (κ1) is 26.6. The van der Waals surface area contributed by atoms with E-state index in [0.717, 1.165) is 14.3 Å². The van der Waals surface area contributed by atoms with Crippen molar-refractivity contribution in [3.8, 4) is 5.75 Å². The first-order valence-electron chi connectivity index (χ1n) is 10.4. The molecule has 0 spiro atoms. The van der Waals surface area contributed by atoms with Gasteiger partial charge in [0.05, 0.1) is 17.7 Å². The van der Waals surface area contributed by atoms with Crippen LogP contribution in [0.2, 0.25) is 5.02 Å². The summed E-state index contributed by atoms with van der Waals surface area (Å²) in [6.07, 6.45) is 3.09. The number of nitrogens with one attached hydrogen (secondary N) is 1. The lowest BCUT2D eigenvalue weighted by atomic mass is 10.2. The molecule has 3 aromatic rings. The molecule has 0 unspecified atom stereocenters. The molecule has 0 atom stereocenters. The molecular weight excluding hydrogens is 554 g/mol. The lowest BCUT2D eigenvalue weighted by molar-refractivity contribution is -0.121. The molecule has 0 aromatic heterocycles. The van der Waals surface area contributed by atoms with Crippen LogP contribution in [-0.2, 0) is 21.4 Å². The van der Waals surface area contributed by atoms with Gasteiger partial charge in [-0.3, -0.25) is 4.79 Å². The van der Waals surface area contributed by atoms with Gasteiger partial charge in [0.25, 0.3) is 5.91 Å². The van der Waals surface area contributed by atoms with Crippen LogP contribution in [0.15, 0.2) is 99.9 Å². The number of sulfonamides is 1. The third kappa shape index (κ3) is 8.03. The molecule has 7 nitrogen and oxygen atoms in total. The van der Waals surface area contributed by atoms with Crippen molar-refractivity contribution < 1.29 is 17.9 Å². The molecule has 1 N–H and O–H groups in total. The number of hydrogen-bond donors (Lipinski definition) is 1. The molecule has 0 aliphatic carbocycles. The van der Waals surface area contributed by atoms with Crippen LogP contribution in [0, 0.1) is 0 Å². The standard InChI is InChI=1S/C25H23BrClN3O4S/c1-2-14-34-23-5-3-4-20(15-23)16-28-29-25(31)18-30(17-19-6-8-21(26)9-7-19)35(32,33)24-12-10-22(27)11-13-24/h2-13,15-16H,1,14,17-18H2,(H,29,31)/b28-16-. The zero-order valence-corrected chi connectivity index (χ0v) is 21.8. The number of hydrogen-bond acceptors (Lipinski definition) is 5. The van der Waals surface area contributed by atoms with Crippen molar-refractivity contribution >= 4 is 49.7 Å². The summed E-state index contributed by atoms with van der Waals surface area (Å²) in [4.78, 5) is 12.7. The Kier molecular flexibility index (Phi) is 9.62. The average molecular weight is 577 g/mol. The number of nitrogens with zero attached hydrogens (tertiary/aromatic N) is 2. The fourth-order valence-corrected chi connectivity index (χ4v) is 4.76. The Morgan fingerprint density at radius 2 is 1.83 bits per heavy atom. The predicted molar refractivity (Wildman–Crippen MR) is 141 cm³/mol. The predicted octanol–water partition coefficient (Wildman–Crippen LogP) is 5.01. The Morgan fingerprint density at radius 1 is 1.11 bits per heavy atom. The summed E-state index contributed by atoms with van der Waals surface area (Å²) in [6, 6.07) is 20.1. The monoisotopic (exact) mass is 575 g/mol. The third-order valence-corrected chi connectivity index (χ3v) is 7.26. The molecule has 10 heteroatoms. The van der Waals surface area contributed by atoms with Crippen molar-refractivity contribution in [1.29, 1.82) is 0 Å². The van der Waals surface area contributed by atoms with E-state index in [1.165, 1.54) is 30.5 Å². The average Bonchev–Trinajstić information content (AvgIpc) is 2.84. The molecule has 0 aliphatic rings. The van der Waals surface area contributed by atoms with E-state index < -0.39 is 22.5 Å². The minimum absolute atomic E-state index is 0.00192. The first-order valence-corrected chi connectivity index (χ1v) is 13.0. The van der Waals surface area contributed by atoms with E-state index in [1.54, 1.807) is 54.6 Å². The summed E-state index contributed by atoms with van der Waals surface area (Å²) in [5, 5.41) is 4.37. The second-order valence-corrected chi connectivity index (χ2v) is 10.6. The van der Waals surface area contributed by atoms with Gasteiger partial charge in [0.15, 0.2) is 0 Å². The Bertz CT molecular complexity index is 1300. The number of halogens is 2.